The number of aromatic nitrogens is 1. The van der Waals surface area contributed by atoms with Crippen LogP contribution in [0.25, 0.3) is 16.8 Å². The first-order valence-corrected chi connectivity index (χ1v) is 13.6. The SMILES string of the molecule is CCc1ccc2cnc(/C=C/CCCNC(C(=O)N[C@@H](C)C(=O)N3CCC[C@@H](C(=O)O)N3)C(C)C)cc2c1. The van der Waals surface area contributed by atoms with Crippen LogP contribution >= 0.6 is 0 Å². The molecule has 9 heteroatoms. The van der Waals surface area contributed by atoms with E-state index >= 15 is 0 Å². The van der Waals surface area contributed by atoms with Gasteiger partial charge in [-0.15, -0.1) is 0 Å². The fraction of sp³-hybridized carbons (Fsp3) is 0.517. The molecule has 3 atom stereocenters. The molecule has 206 valence electrons. The number of hydrazine groups is 1. The summed E-state index contributed by atoms with van der Waals surface area (Å²) in [5, 5.41) is 19.0. The maximum absolute atomic E-state index is 12.9. The van der Waals surface area contributed by atoms with Crippen molar-refractivity contribution >= 4 is 34.6 Å². The molecule has 1 aromatic heterocycles. The van der Waals surface area contributed by atoms with E-state index in [1.807, 2.05) is 26.1 Å². The van der Waals surface area contributed by atoms with Crippen LogP contribution in [0.15, 0.2) is 36.5 Å². The maximum atomic E-state index is 12.9. The van der Waals surface area contributed by atoms with E-state index in [4.69, 9.17) is 0 Å². The first-order chi connectivity index (χ1) is 18.2. The smallest absolute Gasteiger partial charge is 0.322 e. The Labute approximate surface area is 225 Å². The molecule has 2 heterocycles. The minimum absolute atomic E-state index is 0.0344. The van der Waals surface area contributed by atoms with E-state index in [1.54, 1.807) is 6.92 Å². The number of carboxylic acids is 1. The summed E-state index contributed by atoms with van der Waals surface area (Å²) in [4.78, 5) is 41.5. The highest BCUT2D eigenvalue weighted by Gasteiger charge is 2.31. The summed E-state index contributed by atoms with van der Waals surface area (Å²) >= 11 is 0. The van der Waals surface area contributed by atoms with Gasteiger partial charge in [-0.05, 0) is 74.6 Å². The molecule has 0 saturated carbocycles. The lowest BCUT2D eigenvalue weighted by molar-refractivity contribution is -0.148. The minimum Gasteiger partial charge on any atom is -0.480 e. The van der Waals surface area contributed by atoms with Crippen molar-refractivity contribution in [3.63, 3.8) is 0 Å². The van der Waals surface area contributed by atoms with Crippen molar-refractivity contribution in [2.24, 2.45) is 5.92 Å². The van der Waals surface area contributed by atoms with Crippen LogP contribution < -0.4 is 16.1 Å². The van der Waals surface area contributed by atoms with Gasteiger partial charge >= 0.3 is 5.97 Å². The van der Waals surface area contributed by atoms with Crippen molar-refractivity contribution in [3.05, 3.63) is 47.8 Å². The van der Waals surface area contributed by atoms with Crippen molar-refractivity contribution in [1.29, 1.82) is 0 Å². The molecular weight excluding hydrogens is 482 g/mol. The van der Waals surface area contributed by atoms with Gasteiger partial charge in [0.1, 0.15) is 12.1 Å². The molecule has 2 amide bonds. The number of carbonyl (C=O) groups is 3. The largest absolute Gasteiger partial charge is 0.480 e. The predicted octanol–water partition coefficient (Wildman–Crippen LogP) is 3.29. The Bertz CT molecular complexity index is 1150. The molecule has 1 unspecified atom stereocenters. The van der Waals surface area contributed by atoms with Gasteiger partial charge in [0.2, 0.25) is 5.91 Å². The van der Waals surface area contributed by atoms with Gasteiger partial charge in [0.15, 0.2) is 0 Å². The zero-order valence-corrected chi connectivity index (χ0v) is 22.9. The molecule has 38 heavy (non-hydrogen) atoms. The van der Waals surface area contributed by atoms with E-state index in [0.717, 1.165) is 30.3 Å². The number of benzene rings is 1. The molecule has 1 fully saturated rings. The number of carbonyl (C=O) groups excluding carboxylic acids is 2. The number of carboxylic acid groups (broad SMARTS) is 1. The first-order valence-electron chi connectivity index (χ1n) is 13.6. The topological polar surface area (TPSA) is 124 Å². The number of amides is 2. The lowest BCUT2D eigenvalue weighted by atomic mass is 10.0. The van der Waals surface area contributed by atoms with Gasteiger partial charge in [0.05, 0.1) is 11.7 Å². The molecule has 2 aromatic rings. The van der Waals surface area contributed by atoms with Crippen LogP contribution in [-0.2, 0) is 20.8 Å². The minimum atomic E-state index is -0.989. The fourth-order valence-electron chi connectivity index (χ4n) is 4.55. The summed E-state index contributed by atoms with van der Waals surface area (Å²) in [6.45, 7) is 8.76. The highest BCUT2D eigenvalue weighted by atomic mass is 16.4. The Morgan fingerprint density at radius 2 is 2.00 bits per heavy atom. The Hall–Kier alpha value is -3.30. The number of aliphatic carboxylic acids is 1. The zero-order valence-electron chi connectivity index (χ0n) is 22.9. The van der Waals surface area contributed by atoms with Crippen LogP contribution in [0.2, 0.25) is 0 Å². The summed E-state index contributed by atoms with van der Waals surface area (Å²) in [5.41, 5.74) is 4.98. The van der Waals surface area contributed by atoms with Crippen LogP contribution in [0.5, 0.6) is 0 Å². The van der Waals surface area contributed by atoms with Crippen molar-refractivity contribution in [1.82, 2.24) is 26.1 Å². The Morgan fingerprint density at radius 3 is 2.71 bits per heavy atom. The van der Waals surface area contributed by atoms with E-state index < -0.39 is 24.1 Å². The lowest BCUT2D eigenvalue weighted by Crippen LogP contribution is -2.60. The van der Waals surface area contributed by atoms with Crippen LogP contribution in [0.4, 0.5) is 0 Å². The van der Waals surface area contributed by atoms with Gasteiger partial charge in [-0.3, -0.25) is 24.4 Å². The van der Waals surface area contributed by atoms with Gasteiger partial charge < -0.3 is 15.7 Å². The van der Waals surface area contributed by atoms with Crippen molar-refractivity contribution in [2.75, 3.05) is 13.1 Å². The number of hydrogen-bond donors (Lipinski definition) is 4. The fourth-order valence-corrected chi connectivity index (χ4v) is 4.55. The summed E-state index contributed by atoms with van der Waals surface area (Å²) < 4.78 is 0. The number of rotatable bonds is 12. The normalized spacial score (nSPS) is 17.6. The average molecular weight is 524 g/mol. The van der Waals surface area contributed by atoms with E-state index in [2.05, 4.69) is 58.3 Å². The summed E-state index contributed by atoms with van der Waals surface area (Å²) in [6, 6.07) is 6.56. The summed E-state index contributed by atoms with van der Waals surface area (Å²) in [7, 11) is 0. The predicted molar refractivity (Wildman–Crippen MR) is 149 cm³/mol. The molecule has 1 aromatic carbocycles. The summed E-state index contributed by atoms with van der Waals surface area (Å²) in [6.07, 6.45) is 9.79. The Balaban J connectivity index is 1.45. The molecule has 0 radical (unpaired) electrons. The van der Waals surface area contributed by atoms with E-state index in [1.165, 1.54) is 16.0 Å². The van der Waals surface area contributed by atoms with Crippen molar-refractivity contribution in [2.45, 2.75) is 77.9 Å². The molecule has 1 aliphatic rings. The molecule has 4 N–H and O–H groups in total. The number of nitrogens with zero attached hydrogens (tertiary/aromatic N) is 2. The lowest BCUT2D eigenvalue weighted by Gasteiger charge is -2.34. The van der Waals surface area contributed by atoms with Gasteiger partial charge in [-0.1, -0.05) is 45.0 Å². The number of fused-ring (bicyclic) bond motifs is 1. The van der Waals surface area contributed by atoms with Crippen LogP contribution in [0.3, 0.4) is 0 Å². The van der Waals surface area contributed by atoms with Gasteiger partial charge in [-0.2, -0.15) is 0 Å². The molecule has 9 nitrogen and oxygen atoms in total. The Kier molecular flexibility index (Phi) is 10.8. The third kappa shape index (κ3) is 8.10. The average Bonchev–Trinajstić information content (AvgIpc) is 2.91. The molecular formula is C29H41N5O4. The van der Waals surface area contributed by atoms with Crippen LogP contribution in [-0.4, -0.2) is 64.1 Å². The number of pyridine rings is 1. The monoisotopic (exact) mass is 523 g/mol. The van der Waals surface area contributed by atoms with Gasteiger partial charge in [-0.25, -0.2) is 5.43 Å². The second kappa shape index (κ2) is 14.0. The molecule has 0 bridgehead atoms. The first kappa shape index (κ1) is 29.3. The number of unbranched alkanes of at least 4 members (excludes halogenated alkanes) is 1. The second-order valence-electron chi connectivity index (χ2n) is 10.2. The number of nitrogens with one attached hydrogen (secondary N) is 3. The molecule has 0 aliphatic carbocycles. The maximum Gasteiger partial charge on any atom is 0.322 e. The van der Waals surface area contributed by atoms with Crippen LogP contribution in [0, 0.1) is 5.92 Å². The van der Waals surface area contributed by atoms with Crippen molar-refractivity contribution < 1.29 is 19.5 Å². The number of allylic oxidation sites excluding steroid dienone is 1. The standard InChI is InChI=1S/C29H41N5O4/c1-5-21-12-13-22-18-31-24(17-23(22)16-21)10-7-6-8-14-30-26(19(2)3)27(35)32-20(4)28(36)34-15-9-11-25(33-34)29(37)38/h7,10,12-13,16-20,25-26,30,33H,5-6,8-9,11,14-15H2,1-4H3,(H,32,35)(H,37,38)/b10-7+/t20-,25-,26?/m0/s1. The van der Waals surface area contributed by atoms with Crippen LogP contribution in [0.1, 0.15) is 64.6 Å². The highest BCUT2D eigenvalue weighted by Crippen LogP contribution is 2.17. The quantitative estimate of drug-likeness (QED) is 0.315. The molecule has 3 rings (SSSR count). The third-order valence-electron chi connectivity index (χ3n) is 6.84. The van der Waals surface area contributed by atoms with E-state index in [9.17, 15) is 19.5 Å². The Morgan fingerprint density at radius 1 is 1.21 bits per heavy atom. The van der Waals surface area contributed by atoms with E-state index in [0.29, 0.717) is 25.9 Å². The van der Waals surface area contributed by atoms with Gasteiger partial charge in [0, 0.05) is 18.1 Å². The summed E-state index contributed by atoms with van der Waals surface area (Å²) in [5.74, 6) is -1.54. The van der Waals surface area contributed by atoms with E-state index in [-0.39, 0.29) is 17.7 Å². The second-order valence-corrected chi connectivity index (χ2v) is 10.2. The van der Waals surface area contributed by atoms with Gasteiger partial charge in [0.25, 0.3) is 5.91 Å². The number of hydrogen-bond acceptors (Lipinski definition) is 6. The zero-order chi connectivity index (χ0) is 27.7. The number of aryl methyl sites for hydroxylation is 1. The highest BCUT2D eigenvalue weighted by molar-refractivity contribution is 5.90. The molecule has 1 saturated heterocycles. The third-order valence-corrected chi connectivity index (χ3v) is 6.84. The van der Waals surface area contributed by atoms with Crippen molar-refractivity contribution in [3.8, 4) is 0 Å². The molecule has 0 spiro atoms. The molecule has 1 aliphatic heterocycles.